The standard InChI is InChI=1S/C8H7IN2/c1-6-2-3-8-10-7(9)4-5-11(6)8/h2-5H,1H3. The van der Waals surface area contributed by atoms with Crippen LogP contribution < -0.4 is 0 Å². The maximum Gasteiger partial charge on any atom is 0.138 e. The Labute approximate surface area is 78.4 Å². The van der Waals surface area contributed by atoms with Crippen LogP contribution in [0.4, 0.5) is 0 Å². The molecular formula is C8H7IN2. The lowest BCUT2D eigenvalue weighted by Crippen LogP contribution is -1.89. The number of nitrogens with zero attached hydrogens (tertiary/aromatic N) is 2. The second kappa shape index (κ2) is 2.48. The summed E-state index contributed by atoms with van der Waals surface area (Å²) in [6, 6.07) is 6.09. The minimum atomic E-state index is 1.02. The Hall–Kier alpha value is -0.580. The predicted octanol–water partition coefficient (Wildman–Crippen LogP) is 2.25. The summed E-state index contributed by atoms with van der Waals surface area (Å²) in [5, 5.41) is 0. The molecule has 0 bridgehead atoms. The van der Waals surface area contributed by atoms with Crippen LogP contribution in [0.2, 0.25) is 0 Å². The first-order valence-corrected chi connectivity index (χ1v) is 4.45. The Morgan fingerprint density at radius 3 is 3.00 bits per heavy atom. The fourth-order valence-electron chi connectivity index (χ4n) is 1.10. The summed E-state index contributed by atoms with van der Waals surface area (Å²) in [5.41, 5.74) is 2.25. The number of aryl methyl sites for hydroxylation is 1. The molecule has 0 unspecified atom stereocenters. The van der Waals surface area contributed by atoms with Crippen LogP contribution in [-0.4, -0.2) is 9.38 Å². The zero-order valence-electron chi connectivity index (χ0n) is 6.08. The van der Waals surface area contributed by atoms with E-state index in [1.165, 1.54) is 5.69 Å². The van der Waals surface area contributed by atoms with E-state index in [9.17, 15) is 0 Å². The van der Waals surface area contributed by atoms with Crippen LogP contribution in [0.25, 0.3) is 5.65 Å². The van der Waals surface area contributed by atoms with Crippen LogP contribution in [0.15, 0.2) is 24.4 Å². The van der Waals surface area contributed by atoms with Gasteiger partial charge in [-0.25, -0.2) is 4.98 Å². The molecule has 11 heavy (non-hydrogen) atoms. The number of fused-ring (bicyclic) bond motifs is 1. The van der Waals surface area contributed by atoms with Gasteiger partial charge in [0.25, 0.3) is 0 Å². The lowest BCUT2D eigenvalue weighted by molar-refractivity contribution is 1.06. The molecule has 0 aliphatic carbocycles. The lowest BCUT2D eigenvalue weighted by Gasteiger charge is -1.95. The van der Waals surface area contributed by atoms with Gasteiger partial charge in [-0.2, -0.15) is 0 Å². The summed E-state index contributed by atoms with van der Waals surface area (Å²) < 4.78 is 3.11. The van der Waals surface area contributed by atoms with E-state index in [1.54, 1.807) is 0 Å². The molecule has 0 aliphatic rings. The van der Waals surface area contributed by atoms with Gasteiger partial charge in [-0.3, -0.25) is 0 Å². The van der Waals surface area contributed by atoms with Crippen LogP contribution >= 0.6 is 22.6 Å². The third-order valence-corrected chi connectivity index (χ3v) is 2.28. The van der Waals surface area contributed by atoms with Gasteiger partial charge in [0.05, 0.1) is 0 Å². The van der Waals surface area contributed by atoms with E-state index in [1.807, 2.05) is 18.3 Å². The third-order valence-electron chi connectivity index (χ3n) is 1.68. The molecule has 2 rings (SSSR count). The Morgan fingerprint density at radius 2 is 2.18 bits per heavy atom. The molecule has 2 heterocycles. The van der Waals surface area contributed by atoms with Crippen molar-refractivity contribution in [3.63, 3.8) is 0 Å². The van der Waals surface area contributed by atoms with E-state index in [4.69, 9.17) is 0 Å². The molecule has 0 aliphatic heterocycles. The average molecular weight is 258 g/mol. The normalized spacial score (nSPS) is 10.7. The number of hydrogen-bond donors (Lipinski definition) is 0. The largest absolute Gasteiger partial charge is 0.306 e. The average Bonchev–Trinajstić information content (AvgIpc) is 2.32. The van der Waals surface area contributed by atoms with Crippen LogP contribution in [-0.2, 0) is 0 Å². The third kappa shape index (κ3) is 1.13. The van der Waals surface area contributed by atoms with Gasteiger partial charge in [0, 0.05) is 11.9 Å². The highest BCUT2D eigenvalue weighted by atomic mass is 127. The zero-order chi connectivity index (χ0) is 7.84. The molecule has 2 aromatic heterocycles. The van der Waals surface area contributed by atoms with Crippen molar-refractivity contribution in [3.05, 3.63) is 33.8 Å². The molecule has 0 amide bonds. The highest BCUT2D eigenvalue weighted by Gasteiger charge is 1.96. The van der Waals surface area contributed by atoms with Crippen molar-refractivity contribution >= 4 is 28.2 Å². The van der Waals surface area contributed by atoms with Crippen molar-refractivity contribution in [2.75, 3.05) is 0 Å². The quantitative estimate of drug-likeness (QED) is 0.523. The van der Waals surface area contributed by atoms with Crippen LogP contribution in [0.3, 0.4) is 0 Å². The zero-order valence-corrected chi connectivity index (χ0v) is 8.24. The van der Waals surface area contributed by atoms with E-state index in [2.05, 4.69) is 45.0 Å². The molecule has 0 fully saturated rings. The van der Waals surface area contributed by atoms with E-state index >= 15 is 0 Å². The molecule has 2 nitrogen and oxygen atoms in total. The van der Waals surface area contributed by atoms with Gasteiger partial charge in [-0.05, 0) is 47.7 Å². The number of halogens is 1. The smallest absolute Gasteiger partial charge is 0.138 e. The highest BCUT2D eigenvalue weighted by molar-refractivity contribution is 14.1. The predicted molar refractivity (Wildman–Crippen MR) is 52.6 cm³/mol. The van der Waals surface area contributed by atoms with Gasteiger partial charge in [0.2, 0.25) is 0 Å². The van der Waals surface area contributed by atoms with E-state index in [0.717, 1.165) is 9.35 Å². The van der Waals surface area contributed by atoms with Crippen molar-refractivity contribution in [2.24, 2.45) is 0 Å². The second-order valence-electron chi connectivity index (χ2n) is 2.45. The molecule has 0 atom stereocenters. The van der Waals surface area contributed by atoms with Gasteiger partial charge < -0.3 is 4.40 Å². The monoisotopic (exact) mass is 258 g/mol. The van der Waals surface area contributed by atoms with E-state index < -0.39 is 0 Å². The summed E-state index contributed by atoms with van der Waals surface area (Å²) in [7, 11) is 0. The van der Waals surface area contributed by atoms with Gasteiger partial charge in [-0.15, -0.1) is 0 Å². The van der Waals surface area contributed by atoms with Crippen LogP contribution in [0, 0.1) is 10.6 Å². The van der Waals surface area contributed by atoms with E-state index in [0.29, 0.717) is 0 Å². The van der Waals surface area contributed by atoms with Crippen molar-refractivity contribution in [1.29, 1.82) is 0 Å². The molecule has 0 saturated carbocycles. The van der Waals surface area contributed by atoms with Crippen molar-refractivity contribution in [3.8, 4) is 0 Å². The molecule has 3 heteroatoms. The molecule has 0 radical (unpaired) electrons. The van der Waals surface area contributed by atoms with Crippen molar-refractivity contribution in [2.45, 2.75) is 6.92 Å². The van der Waals surface area contributed by atoms with Gasteiger partial charge in [-0.1, -0.05) is 0 Å². The second-order valence-corrected chi connectivity index (χ2v) is 3.56. The van der Waals surface area contributed by atoms with Crippen LogP contribution in [0.1, 0.15) is 5.69 Å². The Morgan fingerprint density at radius 1 is 1.36 bits per heavy atom. The first-order chi connectivity index (χ1) is 5.27. The maximum absolute atomic E-state index is 4.35. The number of aromatic nitrogens is 2. The molecule has 0 aromatic carbocycles. The Balaban J connectivity index is 2.86. The fourth-order valence-corrected chi connectivity index (χ4v) is 1.51. The fraction of sp³-hybridized carbons (Fsp3) is 0.125. The maximum atomic E-state index is 4.35. The summed E-state index contributed by atoms with van der Waals surface area (Å²) in [6.45, 7) is 2.07. The summed E-state index contributed by atoms with van der Waals surface area (Å²) in [4.78, 5) is 4.35. The van der Waals surface area contributed by atoms with Crippen LogP contribution in [0.5, 0.6) is 0 Å². The molecule has 56 valence electrons. The molecule has 0 spiro atoms. The Bertz CT molecular complexity index is 392. The van der Waals surface area contributed by atoms with Crippen molar-refractivity contribution < 1.29 is 0 Å². The first-order valence-electron chi connectivity index (χ1n) is 3.37. The summed E-state index contributed by atoms with van der Waals surface area (Å²) in [5.74, 6) is 0. The summed E-state index contributed by atoms with van der Waals surface area (Å²) in [6.07, 6.45) is 2.04. The minimum absolute atomic E-state index is 1.02. The van der Waals surface area contributed by atoms with E-state index in [-0.39, 0.29) is 0 Å². The van der Waals surface area contributed by atoms with Gasteiger partial charge in [0.1, 0.15) is 9.35 Å². The highest BCUT2D eigenvalue weighted by Crippen LogP contribution is 2.08. The first kappa shape index (κ1) is 7.09. The van der Waals surface area contributed by atoms with Gasteiger partial charge in [0.15, 0.2) is 0 Å². The topological polar surface area (TPSA) is 17.3 Å². The SMILES string of the molecule is Cc1ccc2nc(I)ccn12. The molecule has 0 N–H and O–H groups in total. The summed E-state index contributed by atoms with van der Waals surface area (Å²) >= 11 is 2.21. The molecule has 0 saturated heterocycles. The molecule has 2 aromatic rings. The lowest BCUT2D eigenvalue weighted by atomic mass is 10.5. The minimum Gasteiger partial charge on any atom is -0.306 e. The van der Waals surface area contributed by atoms with Gasteiger partial charge >= 0.3 is 0 Å². The molecular weight excluding hydrogens is 251 g/mol. The number of hydrogen-bond acceptors (Lipinski definition) is 1. The van der Waals surface area contributed by atoms with Crippen molar-refractivity contribution in [1.82, 2.24) is 9.38 Å². The Kier molecular flexibility index (Phi) is 1.60. The number of rotatable bonds is 0.